The zero-order valence-electron chi connectivity index (χ0n) is 15.9. The first kappa shape index (κ1) is 24.7. The van der Waals surface area contributed by atoms with E-state index in [-0.39, 0.29) is 77.3 Å². The molecule has 0 amide bonds. The Labute approximate surface area is 150 Å². The minimum Gasteiger partial charge on any atom is -0.394 e. The second-order valence-corrected chi connectivity index (χ2v) is 6.72. The third-order valence-corrected chi connectivity index (χ3v) is 3.72. The maximum absolute atomic E-state index is 9.18. The Bertz CT molecular complexity index is 254. The number of aliphatic hydroxyl groups excluding tert-OH is 4. The van der Waals surface area contributed by atoms with Gasteiger partial charge >= 0.3 is 0 Å². The molecular formula is C17H36O8. The highest BCUT2D eigenvalue weighted by Crippen LogP contribution is 2.23. The number of ether oxygens (including phenoxy) is 4. The molecule has 152 valence electrons. The first-order valence-electron chi connectivity index (χ1n) is 8.72. The fourth-order valence-electron chi connectivity index (χ4n) is 1.74. The second-order valence-electron chi connectivity index (χ2n) is 6.72. The van der Waals surface area contributed by atoms with E-state index in [4.69, 9.17) is 18.9 Å². The third-order valence-electron chi connectivity index (χ3n) is 3.72. The fourth-order valence-corrected chi connectivity index (χ4v) is 1.74. The van der Waals surface area contributed by atoms with Gasteiger partial charge in [-0.2, -0.15) is 0 Å². The molecule has 0 spiro atoms. The van der Waals surface area contributed by atoms with Crippen molar-refractivity contribution in [2.75, 3.05) is 52.9 Å². The molecule has 0 aliphatic carbocycles. The lowest BCUT2D eigenvalue weighted by atomic mass is 9.91. The van der Waals surface area contributed by atoms with Gasteiger partial charge in [0.15, 0.2) is 0 Å². The second kappa shape index (κ2) is 13.8. The highest BCUT2D eigenvalue weighted by atomic mass is 16.5. The van der Waals surface area contributed by atoms with Gasteiger partial charge in [-0.15, -0.1) is 0 Å². The Morgan fingerprint density at radius 2 is 0.720 bits per heavy atom. The normalized spacial score (nSPS) is 19.2. The molecule has 0 fully saturated rings. The first-order chi connectivity index (χ1) is 11.8. The van der Waals surface area contributed by atoms with Crippen LogP contribution < -0.4 is 0 Å². The van der Waals surface area contributed by atoms with Crippen molar-refractivity contribution < 1.29 is 39.4 Å². The summed E-state index contributed by atoms with van der Waals surface area (Å²) >= 11 is 0. The molecule has 0 aromatic carbocycles. The third kappa shape index (κ3) is 11.1. The molecule has 8 nitrogen and oxygen atoms in total. The molecule has 0 bridgehead atoms. The molecule has 0 aliphatic rings. The van der Waals surface area contributed by atoms with Gasteiger partial charge in [-0.1, -0.05) is 0 Å². The molecule has 0 saturated carbocycles. The smallest absolute Gasteiger partial charge is 0.0778 e. The van der Waals surface area contributed by atoms with Crippen LogP contribution in [-0.4, -0.2) is 97.7 Å². The van der Waals surface area contributed by atoms with Crippen molar-refractivity contribution in [2.45, 2.75) is 52.1 Å². The molecule has 4 atom stereocenters. The lowest BCUT2D eigenvalue weighted by molar-refractivity contribution is -0.153. The molecule has 4 unspecified atom stereocenters. The van der Waals surface area contributed by atoms with E-state index in [2.05, 4.69) is 0 Å². The van der Waals surface area contributed by atoms with Gasteiger partial charge in [0.05, 0.1) is 82.7 Å². The van der Waals surface area contributed by atoms with Crippen LogP contribution in [0.3, 0.4) is 0 Å². The average molecular weight is 368 g/mol. The Morgan fingerprint density at radius 3 is 0.880 bits per heavy atom. The Kier molecular flexibility index (Phi) is 13.7. The van der Waals surface area contributed by atoms with Gasteiger partial charge in [0, 0.05) is 0 Å². The van der Waals surface area contributed by atoms with Crippen LogP contribution in [0.4, 0.5) is 0 Å². The van der Waals surface area contributed by atoms with Crippen molar-refractivity contribution >= 4 is 0 Å². The van der Waals surface area contributed by atoms with Crippen LogP contribution in [-0.2, 0) is 18.9 Å². The predicted molar refractivity (Wildman–Crippen MR) is 92.4 cm³/mol. The summed E-state index contributed by atoms with van der Waals surface area (Å²) in [6.07, 6.45) is -1.44. The summed E-state index contributed by atoms with van der Waals surface area (Å²) in [6.45, 7) is 7.30. The molecule has 0 aromatic heterocycles. The van der Waals surface area contributed by atoms with Crippen LogP contribution in [0.5, 0.6) is 0 Å². The molecule has 0 radical (unpaired) electrons. The quantitative estimate of drug-likeness (QED) is 0.290. The highest BCUT2D eigenvalue weighted by Gasteiger charge is 2.35. The van der Waals surface area contributed by atoms with E-state index < -0.39 is 5.41 Å². The molecular weight excluding hydrogens is 332 g/mol. The van der Waals surface area contributed by atoms with Crippen LogP contribution in [0.1, 0.15) is 27.7 Å². The monoisotopic (exact) mass is 368 g/mol. The summed E-state index contributed by atoms with van der Waals surface area (Å²) in [6, 6.07) is 0. The van der Waals surface area contributed by atoms with Crippen LogP contribution in [0.2, 0.25) is 0 Å². The van der Waals surface area contributed by atoms with Crippen LogP contribution in [0, 0.1) is 5.41 Å². The van der Waals surface area contributed by atoms with Gasteiger partial charge in [0.2, 0.25) is 0 Å². The Balaban J connectivity index is 5.11. The zero-order chi connectivity index (χ0) is 19.3. The van der Waals surface area contributed by atoms with Crippen LogP contribution in [0.25, 0.3) is 0 Å². The minimum absolute atomic E-state index is 0.119. The lowest BCUT2D eigenvalue weighted by Crippen LogP contribution is -2.45. The maximum atomic E-state index is 9.18. The van der Waals surface area contributed by atoms with Crippen molar-refractivity contribution in [3.63, 3.8) is 0 Å². The molecule has 0 heterocycles. The summed E-state index contributed by atoms with van der Waals surface area (Å²) < 4.78 is 22.7. The van der Waals surface area contributed by atoms with Crippen molar-refractivity contribution in [1.82, 2.24) is 0 Å². The topological polar surface area (TPSA) is 118 Å². The van der Waals surface area contributed by atoms with E-state index in [0.29, 0.717) is 0 Å². The van der Waals surface area contributed by atoms with Crippen LogP contribution >= 0.6 is 0 Å². The number of rotatable bonds is 16. The molecule has 25 heavy (non-hydrogen) atoms. The Morgan fingerprint density at radius 1 is 0.520 bits per heavy atom. The van der Waals surface area contributed by atoms with Gasteiger partial charge in [-0.25, -0.2) is 0 Å². The molecule has 8 heteroatoms. The summed E-state index contributed by atoms with van der Waals surface area (Å²) in [5, 5.41) is 36.7. The van der Waals surface area contributed by atoms with Gasteiger partial charge in [-0.05, 0) is 27.7 Å². The number of hydrogen-bond donors (Lipinski definition) is 4. The standard InChI is InChI=1S/C17H36O8/c1-13(5-18)22-9-17(10-23-14(2)6-19,11-24-15(3)7-20)12-25-16(4)8-21/h13-16,18-21H,5-12H2,1-4H3. The van der Waals surface area contributed by atoms with Crippen molar-refractivity contribution in [1.29, 1.82) is 0 Å². The zero-order valence-corrected chi connectivity index (χ0v) is 15.9. The van der Waals surface area contributed by atoms with Crippen LogP contribution in [0.15, 0.2) is 0 Å². The van der Waals surface area contributed by atoms with Crippen molar-refractivity contribution in [3.05, 3.63) is 0 Å². The summed E-state index contributed by atoms with van der Waals surface area (Å²) in [4.78, 5) is 0. The molecule has 0 aliphatic heterocycles. The largest absolute Gasteiger partial charge is 0.394 e. The van der Waals surface area contributed by atoms with Gasteiger partial charge in [-0.3, -0.25) is 0 Å². The van der Waals surface area contributed by atoms with Crippen molar-refractivity contribution in [3.8, 4) is 0 Å². The summed E-state index contributed by atoms with van der Waals surface area (Å²) in [5.74, 6) is 0. The predicted octanol–water partition coefficient (Wildman–Crippen LogP) is -0.438. The van der Waals surface area contributed by atoms with Crippen molar-refractivity contribution in [2.24, 2.45) is 5.41 Å². The van der Waals surface area contributed by atoms with E-state index >= 15 is 0 Å². The maximum Gasteiger partial charge on any atom is 0.0778 e. The van der Waals surface area contributed by atoms with Gasteiger partial charge < -0.3 is 39.4 Å². The summed E-state index contributed by atoms with van der Waals surface area (Å²) in [5.41, 5.74) is -0.709. The van der Waals surface area contributed by atoms with Gasteiger partial charge in [0.25, 0.3) is 0 Å². The van der Waals surface area contributed by atoms with E-state index in [1.54, 1.807) is 27.7 Å². The molecule has 0 saturated heterocycles. The lowest BCUT2D eigenvalue weighted by Gasteiger charge is -2.36. The fraction of sp³-hybridized carbons (Fsp3) is 1.00. The van der Waals surface area contributed by atoms with E-state index in [9.17, 15) is 20.4 Å². The average Bonchev–Trinajstić information content (AvgIpc) is 2.65. The molecule has 0 rings (SSSR count). The van der Waals surface area contributed by atoms with E-state index in [1.165, 1.54) is 0 Å². The van der Waals surface area contributed by atoms with E-state index in [0.717, 1.165) is 0 Å². The minimum atomic E-state index is -0.709. The SMILES string of the molecule is CC(CO)OCC(COC(C)CO)(COC(C)CO)COC(C)CO. The van der Waals surface area contributed by atoms with E-state index in [1.807, 2.05) is 0 Å². The Hall–Kier alpha value is -0.320. The number of aliphatic hydroxyl groups is 4. The van der Waals surface area contributed by atoms with Gasteiger partial charge in [0.1, 0.15) is 0 Å². The molecule has 4 N–H and O–H groups in total. The highest BCUT2D eigenvalue weighted by molar-refractivity contribution is 4.81. The number of hydrogen-bond acceptors (Lipinski definition) is 8. The molecule has 0 aromatic rings. The summed E-state index contributed by atoms with van der Waals surface area (Å²) in [7, 11) is 0. The first-order valence-corrected chi connectivity index (χ1v) is 8.72.